The third-order valence-electron chi connectivity index (χ3n) is 4.73. The van der Waals surface area contributed by atoms with Crippen molar-refractivity contribution in [2.24, 2.45) is 0 Å². The minimum Gasteiger partial charge on any atom is -0.476 e. The molecule has 1 aromatic carbocycles. The number of carboxylic acid groups (broad SMARTS) is 1. The maximum atomic E-state index is 13.9. The van der Waals surface area contributed by atoms with Crippen LogP contribution in [0.5, 0.6) is 0 Å². The van der Waals surface area contributed by atoms with Gasteiger partial charge in [-0.05, 0) is 24.6 Å². The number of nitrogens with zero attached hydrogens (tertiary/aromatic N) is 5. The van der Waals surface area contributed by atoms with Crippen molar-refractivity contribution in [1.29, 1.82) is 0 Å². The number of thiazole rings is 1. The summed E-state index contributed by atoms with van der Waals surface area (Å²) in [4.78, 5) is 16.8. The number of thioether (sulfide) groups is 1. The van der Waals surface area contributed by atoms with Crippen LogP contribution >= 0.6 is 23.1 Å². The van der Waals surface area contributed by atoms with Crippen LogP contribution in [-0.4, -0.2) is 47.0 Å². The summed E-state index contributed by atoms with van der Waals surface area (Å²) >= 11 is 2.61. The van der Waals surface area contributed by atoms with Crippen LogP contribution in [0.1, 0.15) is 30.0 Å². The van der Waals surface area contributed by atoms with E-state index in [9.17, 15) is 27.5 Å². The zero-order chi connectivity index (χ0) is 25.5. The van der Waals surface area contributed by atoms with Gasteiger partial charge >= 0.3 is 12.1 Å². The number of carbonyl (C=O) groups is 1. The van der Waals surface area contributed by atoms with Gasteiger partial charge in [0.15, 0.2) is 5.69 Å². The topological polar surface area (TPSA) is 85.8 Å². The van der Waals surface area contributed by atoms with Crippen molar-refractivity contribution in [3.63, 3.8) is 0 Å². The molecule has 0 aliphatic carbocycles. The molecule has 0 saturated heterocycles. The van der Waals surface area contributed by atoms with Gasteiger partial charge in [-0.25, -0.2) is 14.2 Å². The Balaban J connectivity index is 1.85. The van der Waals surface area contributed by atoms with Gasteiger partial charge in [0.1, 0.15) is 18.1 Å². The molecule has 0 spiro atoms. The van der Waals surface area contributed by atoms with Gasteiger partial charge in [-0.2, -0.15) is 28.1 Å². The lowest BCUT2D eigenvalue weighted by Gasteiger charge is -2.05. The summed E-state index contributed by atoms with van der Waals surface area (Å²) in [5.41, 5.74) is 1.53. The average Bonchev–Trinajstić information content (AvgIpc) is 3.43. The number of hydrogen-bond donors (Lipinski definition) is 1. The molecule has 184 valence electrons. The number of benzene rings is 1. The highest BCUT2D eigenvalue weighted by Crippen LogP contribution is 2.41. The second-order valence-corrected chi connectivity index (χ2v) is 10.7. The second-order valence-electron chi connectivity index (χ2n) is 7.88. The fourth-order valence-electron chi connectivity index (χ4n) is 3.47. The molecular weight excluding hydrogens is 506 g/mol. The summed E-state index contributed by atoms with van der Waals surface area (Å²) in [5.74, 6) is -1.80. The lowest BCUT2D eigenvalue weighted by Crippen LogP contribution is -2.17. The van der Waals surface area contributed by atoms with E-state index in [4.69, 9.17) is 0 Å². The molecule has 0 unspecified atom stereocenters. The predicted molar refractivity (Wildman–Crippen MR) is 125 cm³/mol. The van der Waals surface area contributed by atoms with Gasteiger partial charge in [-0.15, -0.1) is 11.8 Å². The summed E-state index contributed by atoms with van der Waals surface area (Å²) in [6, 6.07) is 5.55. The Hall–Kier alpha value is -3.19. The highest BCUT2D eigenvalue weighted by molar-refractivity contribution is 8.01. The average molecular weight is 526 g/mol. The first-order chi connectivity index (χ1) is 16.4. The molecule has 35 heavy (non-hydrogen) atoms. The summed E-state index contributed by atoms with van der Waals surface area (Å²) in [7, 11) is 0. The Bertz CT molecular complexity index is 1390. The molecule has 0 aliphatic rings. The molecule has 0 radical (unpaired) electrons. The first kappa shape index (κ1) is 24.9. The van der Waals surface area contributed by atoms with Crippen molar-refractivity contribution in [3.05, 3.63) is 53.9 Å². The molecule has 3 aromatic heterocycles. The molecule has 0 atom stereocenters. The number of carboxylic acids is 1. The maximum Gasteiger partial charge on any atom is 0.408 e. The first-order valence-electron chi connectivity index (χ1n) is 10.3. The SMILES string of the molecule is Cc1nn(-c2nc(-c3cnn(CC(F)(F)F)c3)c(SC(C)C)s2)c(C(=O)O)c1-c1cccc(F)c1. The lowest BCUT2D eigenvalue weighted by atomic mass is 10.0. The van der Waals surface area contributed by atoms with E-state index in [1.165, 1.54) is 58.4 Å². The number of aryl methyl sites for hydroxylation is 1. The number of hydrogen-bond acceptors (Lipinski definition) is 6. The molecule has 3 heterocycles. The van der Waals surface area contributed by atoms with Crippen LogP contribution in [0, 0.1) is 12.7 Å². The van der Waals surface area contributed by atoms with Crippen molar-refractivity contribution in [1.82, 2.24) is 24.5 Å². The molecule has 4 aromatic rings. The number of halogens is 4. The molecule has 0 aliphatic heterocycles. The normalized spacial score (nSPS) is 12.0. The number of rotatable bonds is 7. The number of aromatic carboxylic acids is 1. The molecule has 4 rings (SSSR count). The number of aromatic nitrogens is 5. The van der Waals surface area contributed by atoms with Crippen molar-refractivity contribution in [2.45, 2.75) is 43.0 Å². The predicted octanol–water partition coefficient (Wildman–Crippen LogP) is 6.07. The second kappa shape index (κ2) is 9.46. The third-order valence-corrected chi connectivity index (χ3v) is 6.98. The minimum absolute atomic E-state index is 0.119. The van der Waals surface area contributed by atoms with E-state index >= 15 is 0 Å². The van der Waals surface area contributed by atoms with E-state index in [2.05, 4.69) is 15.2 Å². The van der Waals surface area contributed by atoms with Crippen LogP contribution in [0.3, 0.4) is 0 Å². The van der Waals surface area contributed by atoms with Crippen molar-refractivity contribution < 1.29 is 27.5 Å². The van der Waals surface area contributed by atoms with E-state index in [0.29, 0.717) is 26.7 Å². The van der Waals surface area contributed by atoms with Crippen LogP contribution in [0.2, 0.25) is 0 Å². The maximum absolute atomic E-state index is 13.9. The van der Waals surface area contributed by atoms with Crippen LogP contribution in [-0.2, 0) is 6.54 Å². The molecule has 0 bridgehead atoms. The molecule has 1 N–H and O–H groups in total. The summed E-state index contributed by atoms with van der Waals surface area (Å²) in [5, 5.41) is 18.5. The van der Waals surface area contributed by atoms with Crippen LogP contribution in [0.25, 0.3) is 27.5 Å². The van der Waals surface area contributed by atoms with E-state index in [0.717, 1.165) is 4.68 Å². The Labute approximate surface area is 205 Å². The Morgan fingerprint density at radius 1 is 1.26 bits per heavy atom. The van der Waals surface area contributed by atoms with E-state index in [-0.39, 0.29) is 21.6 Å². The zero-order valence-corrected chi connectivity index (χ0v) is 20.3. The monoisotopic (exact) mass is 525 g/mol. The molecule has 0 amide bonds. The van der Waals surface area contributed by atoms with E-state index < -0.39 is 24.5 Å². The zero-order valence-electron chi connectivity index (χ0n) is 18.7. The third kappa shape index (κ3) is 5.40. The fraction of sp³-hybridized carbons (Fsp3) is 0.273. The van der Waals surface area contributed by atoms with Gasteiger partial charge in [0, 0.05) is 22.6 Å². The Morgan fingerprint density at radius 3 is 2.63 bits per heavy atom. The Kier molecular flexibility index (Phi) is 6.73. The highest BCUT2D eigenvalue weighted by atomic mass is 32.2. The van der Waals surface area contributed by atoms with Crippen molar-refractivity contribution >= 4 is 29.1 Å². The summed E-state index contributed by atoms with van der Waals surface area (Å²) < 4.78 is 54.8. The molecule has 13 heteroatoms. The largest absolute Gasteiger partial charge is 0.476 e. The quantitative estimate of drug-likeness (QED) is 0.233. The van der Waals surface area contributed by atoms with Gasteiger partial charge in [-0.1, -0.05) is 37.3 Å². The number of alkyl halides is 3. The van der Waals surface area contributed by atoms with Crippen LogP contribution < -0.4 is 0 Å². The van der Waals surface area contributed by atoms with Crippen molar-refractivity contribution in [3.8, 4) is 27.5 Å². The molecular formula is C22H19F4N5O2S2. The summed E-state index contributed by atoms with van der Waals surface area (Å²) in [6.45, 7) is 4.27. The van der Waals surface area contributed by atoms with E-state index in [1.54, 1.807) is 13.0 Å². The molecule has 7 nitrogen and oxygen atoms in total. The highest BCUT2D eigenvalue weighted by Gasteiger charge is 2.30. The summed E-state index contributed by atoms with van der Waals surface area (Å²) in [6.07, 6.45) is -1.89. The smallest absolute Gasteiger partial charge is 0.408 e. The van der Waals surface area contributed by atoms with Crippen LogP contribution in [0.15, 0.2) is 40.9 Å². The minimum atomic E-state index is -4.43. The van der Waals surface area contributed by atoms with Crippen LogP contribution in [0.4, 0.5) is 17.6 Å². The van der Waals surface area contributed by atoms with Gasteiger partial charge in [0.2, 0.25) is 5.13 Å². The molecule has 0 saturated carbocycles. The van der Waals surface area contributed by atoms with Gasteiger partial charge < -0.3 is 5.11 Å². The van der Waals surface area contributed by atoms with Gasteiger partial charge in [-0.3, -0.25) is 4.68 Å². The Morgan fingerprint density at radius 2 is 2.00 bits per heavy atom. The van der Waals surface area contributed by atoms with Crippen molar-refractivity contribution in [2.75, 3.05) is 0 Å². The lowest BCUT2D eigenvalue weighted by molar-refractivity contribution is -0.142. The van der Waals surface area contributed by atoms with Gasteiger partial charge in [0.05, 0.1) is 16.1 Å². The molecule has 0 fully saturated rings. The fourth-order valence-corrected chi connectivity index (χ4v) is 5.95. The van der Waals surface area contributed by atoms with E-state index in [1.807, 2.05) is 13.8 Å². The van der Waals surface area contributed by atoms with Gasteiger partial charge in [0.25, 0.3) is 0 Å². The standard InChI is InChI=1S/C22H19F4N5O2S2/c1-11(2)34-20-17(14-8-27-30(9-14)10-22(24,25)26)28-21(35-20)31-18(19(32)33)16(12(3)29-31)13-5-4-6-15(23)7-13/h4-9,11H,10H2,1-3H3,(H,32,33). The first-order valence-corrected chi connectivity index (χ1v) is 12.0.